The maximum absolute atomic E-state index is 7.30. The normalized spacial score (nSPS) is 20.9. The third-order valence-corrected chi connectivity index (χ3v) is 10.3. The van der Waals surface area contributed by atoms with Crippen LogP contribution in [0.25, 0.3) is 10.8 Å². The van der Waals surface area contributed by atoms with E-state index in [9.17, 15) is 0 Å². The van der Waals surface area contributed by atoms with E-state index in [1.807, 2.05) is 72.8 Å². The molecule has 0 spiro atoms. The molecule has 0 aromatic heterocycles. The zero-order valence-corrected chi connectivity index (χ0v) is 32.1. The Labute approximate surface area is 310 Å². The predicted octanol–water partition coefficient (Wildman–Crippen LogP) is 8.68. The molecule has 7 rings (SSSR count). The van der Waals surface area contributed by atoms with E-state index in [1.54, 1.807) is 0 Å². The molecular weight excluding hydrogens is 661 g/mol. The Hall–Kier alpha value is -4.40. The van der Waals surface area contributed by atoms with E-state index in [0.717, 1.165) is 38.1 Å². The lowest BCUT2D eigenvalue weighted by Gasteiger charge is -2.47. The lowest BCUT2D eigenvalue weighted by Crippen LogP contribution is -2.58. The Bertz CT molecular complexity index is 1960. The first-order valence-electron chi connectivity index (χ1n) is 18.4. The van der Waals surface area contributed by atoms with Crippen molar-refractivity contribution in [1.29, 1.82) is 0 Å². The van der Waals surface area contributed by atoms with Crippen LogP contribution in [-0.4, -0.2) is 41.3 Å². The Kier molecular flexibility index (Phi) is 12.4. The second-order valence-electron chi connectivity index (χ2n) is 13.8. The lowest BCUT2D eigenvalue weighted by molar-refractivity contribution is -0.275. The van der Waals surface area contributed by atoms with Crippen molar-refractivity contribution in [2.75, 3.05) is 6.61 Å². The fourth-order valence-corrected chi connectivity index (χ4v) is 7.89. The predicted molar refractivity (Wildman–Crippen MR) is 211 cm³/mol. The van der Waals surface area contributed by atoms with Gasteiger partial charge in [-0.2, -0.15) is 0 Å². The molecule has 1 saturated heterocycles. The average Bonchev–Trinajstić information content (AvgIpc) is 3.20. The van der Waals surface area contributed by atoms with Crippen LogP contribution >= 0.6 is 0 Å². The Morgan fingerprint density at radius 3 is 1.52 bits per heavy atom. The average molecular weight is 709 g/mol. The SMILES string of the molecule is CC([SiH3])c1c([C@H]2O[C@H](COCc3ccccc3)[C@@H](OCc3ccccc3)[C@H](OCc3ccccc3)[C@@H]2OCc2ccccc2)ccc2ccccc12. The second kappa shape index (κ2) is 17.9. The van der Waals surface area contributed by atoms with E-state index in [0.29, 0.717) is 38.6 Å². The molecule has 0 radical (unpaired) electrons. The fraction of sp³-hybridized carbons (Fsp3) is 0.261. The smallest absolute Gasteiger partial charge is 0.117 e. The summed E-state index contributed by atoms with van der Waals surface area (Å²) in [5, 5.41) is 2.49. The summed E-state index contributed by atoms with van der Waals surface area (Å²) in [5.74, 6) is 0. The second-order valence-corrected chi connectivity index (χ2v) is 15.6. The molecule has 52 heavy (non-hydrogen) atoms. The summed E-state index contributed by atoms with van der Waals surface area (Å²) in [6.07, 6.45) is -2.29. The first-order chi connectivity index (χ1) is 25.6. The molecule has 0 saturated carbocycles. The van der Waals surface area contributed by atoms with Gasteiger partial charge in [-0.3, -0.25) is 0 Å². The van der Waals surface area contributed by atoms with Crippen LogP contribution in [0.15, 0.2) is 158 Å². The van der Waals surface area contributed by atoms with Gasteiger partial charge in [0.2, 0.25) is 0 Å². The highest BCUT2D eigenvalue weighted by Gasteiger charge is 2.49. The van der Waals surface area contributed by atoms with E-state index in [-0.39, 0.29) is 0 Å². The molecule has 1 unspecified atom stereocenters. The van der Waals surface area contributed by atoms with Gasteiger partial charge in [-0.25, -0.2) is 0 Å². The quantitative estimate of drug-likeness (QED) is 0.100. The molecular formula is C46H48O5Si. The maximum atomic E-state index is 7.30. The number of benzene rings is 6. The van der Waals surface area contributed by atoms with E-state index in [2.05, 4.69) is 91.9 Å². The molecule has 0 aliphatic carbocycles. The third-order valence-electron chi connectivity index (χ3n) is 9.77. The number of hydrogen-bond acceptors (Lipinski definition) is 5. The summed E-state index contributed by atoms with van der Waals surface area (Å²) in [5.41, 5.74) is 7.21. The van der Waals surface area contributed by atoms with Gasteiger partial charge >= 0.3 is 0 Å². The van der Waals surface area contributed by atoms with Gasteiger partial charge in [0, 0.05) is 10.2 Å². The molecule has 6 atom stereocenters. The third kappa shape index (κ3) is 8.96. The topological polar surface area (TPSA) is 46.2 Å². The summed E-state index contributed by atoms with van der Waals surface area (Å²) in [6.45, 7) is 4.35. The van der Waals surface area contributed by atoms with Crippen LogP contribution < -0.4 is 0 Å². The number of ether oxygens (including phenoxy) is 5. The van der Waals surface area contributed by atoms with Gasteiger partial charge in [-0.1, -0.05) is 165 Å². The van der Waals surface area contributed by atoms with Crippen molar-refractivity contribution in [1.82, 2.24) is 0 Å². The van der Waals surface area contributed by atoms with Gasteiger partial charge in [0.15, 0.2) is 0 Å². The molecule has 1 fully saturated rings. The molecule has 6 heteroatoms. The Balaban J connectivity index is 1.31. The lowest BCUT2D eigenvalue weighted by atomic mass is 9.86. The molecule has 1 heterocycles. The van der Waals surface area contributed by atoms with Crippen molar-refractivity contribution >= 4 is 21.0 Å². The van der Waals surface area contributed by atoms with E-state index in [1.165, 1.54) is 16.3 Å². The summed E-state index contributed by atoms with van der Waals surface area (Å²) < 4.78 is 34.7. The molecule has 0 bridgehead atoms. The first kappa shape index (κ1) is 36.0. The van der Waals surface area contributed by atoms with Crippen molar-refractivity contribution in [3.05, 3.63) is 191 Å². The van der Waals surface area contributed by atoms with E-state index >= 15 is 0 Å². The number of hydrogen-bond donors (Lipinski definition) is 0. The summed E-state index contributed by atoms with van der Waals surface area (Å²) in [7, 11) is 0.988. The molecule has 266 valence electrons. The highest BCUT2D eigenvalue weighted by Crippen LogP contribution is 2.42. The molecule has 5 nitrogen and oxygen atoms in total. The van der Waals surface area contributed by atoms with Crippen molar-refractivity contribution in [3.63, 3.8) is 0 Å². The van der Waals surface area contributed by atoms with Crippen LogP contribution in [0.4, 0.5) is 0 Å². The molecule has 1 aliphatic heterocycles. The van der Waals surface area contributed by atoms with Crippen LogP contribution in [0.5, 0.6) is 0 Å². The molecule has 6 aromatic rings. The zero-order valence-electron chi connectivity index (χ0n) is 30.1. The van der Waals surface area contributed by atoms with Crippen molar-refractivity contribution in [3.8, 4) is 0 Å². The first-order valence-corrected chi connectivity index (χ1v) is 19.5. The summed E-state index contributed by atoms with van der Waals surface area (Å²) in [6, 6.07) is 54.3. The van der Waals surface area contributed by atoms with Crippen molar-refractivity contribution < 1.29 is 23.7 Å². The van der Waals surface area contributed by atoms with Crippen LogP contribution in [0, 0.1) is 0 Å². The van der Waals surface area contributed by atoms with Gasteiger partial charge in [-0.05, 0) is 49.7 Å². The molecule has 0 amide bonds. The monoisotopic (exact) mass is 708 g/mol. The summed E-state index contributed by atoms with van der Waals surface area (Å²) >= 11 is 0. The van der Waals surface area contributed by atoms with Crippen LogP contribution in [0.3, 0.4) is 0 Å². The summed E-state index contributed by atoms with van der Waals surface area (Å²) in [4.78, 5) is 0. The minimum Gasteiger partial charge on any atom is -0.374 e. The zero-order chi connectivity index (χ0) is 35.5. The Morgan fingerprint density at radius 1 is 0.519 bits per heavy atom. The fourth-order valence-electron chi connectivity index (χ4n) is 7.24. The number of fused-ring (bicyclic) bond motifs is 1. The largest absolute Gasteiger partial charge is 0.374 e. The highest BCUT2D eigenvalue weighted by atomic mass is 28.1. The molecule has 0 N–H and O–H groups in total. The molecule has 6 aromatic carbocycles. The van der Waals surface area contributed by atoms with Crippen molar-refractivity contribution in [2.45, 2.75) is 69.4 Å². The maximum Gasteiger partial charge on any atom is 0.117 e. The van der Waals surface area contributed by atoms with Crippen LogP contribution in [0.1, 0.15) is 51.9 Å². The standard InChI is InChI=1S/C46H48O5Si/c1-33(52)42-39-25-15-14-24-38(39)26-27-40(42)43-45(49-30-36-20-10-4-11-21-36)46(50-31-37-22-12-5-13-23-37)44(48-29-35-18-8-3-9-19-35)41(51-43)32-47-28-34-16-6-2-7-17-34/h2-27,33,41,43-46H,28-32H2,1,52H3/t33?,41-,43-,44-,45-,46+/m1/s1. The van der Waals surface area contributed by atoms with Crippen LogP contribution in [0.2, 0.25) is 0 Å². The van der Waals surface area contributed by atoms with Gasteiger partial charge in [0.25, 0.3) is 0 Å². The van der Waals surface area contributed by atoms with Gasteiger partial charge in [0.1, 0.15) is 30.5 Å². The van der Waals surface area contributed by atoms with Gasteiger partial charge < -0.3 is 23.7 Å². The van der Waals surface area contributed by atoms with E-state index < -0.39 is 30.5 Å². The minimum atomic E-state index is -0.478. The van der Waals surface area contributed by atoms with Gasteiger partial charge in [-0.15, -0.1) is 0 Å². The van der Waals surface area contributed by atoms with Gasteiger partial charge in [0.05, 0.1) is 33.0 Å². The minimum absolute atomic E-state index is 0.334. The van der Waals surface area contributed by atoms with E-state index in [4.69, 9.17) is 23.7 Å². The number of rotatable bonds is 15. The molecule has 1 aliphatic rings. The highest BCUT2D eigenvalue weighted by molar-refractivity contribution is 6.14. The van der Waals surface area contributed by atoms with Crippen LogP contribution in [-0.2, 0) is 50.1 Å². The Morgan fingerprint density at radius 2 is 0.981 bits per heavy atom. The van der Waals surface area contributed by atoms with Crippen molar-refractivity contribution in [2.24, 2.45) is 0 Å².